The topological polar surface area (TPSA) is 29.5 Å². The molecule has 1 N–H and O–H groups in total. The summed E-state index contributed by atoms with van der Waals surface area (Å²) in [6.07, 6.45) is 2.28. The molecule has 80 valence electrons. The first-order valence-corrected chi connectivity index (χ1v) is 8.81. The summed E-state index contributed by atoms with van der Waals surface area (Å²) < 4.78 is 5.51. The molecular formula is C11H20O2Si. The Morgan fingerprint density at radius 3 is 2.64 bits per heavy atom. The van der Waals surface area contributed by atoms with E-state index in [2.05, 4.69) is 31.1 Å². The number of ether oxygens (including phenoxy) is 1. The third-order valence-electron chi connectivity index (χ3n) is 2.13. The van der Waals surface area contributed by atoms with Crippen LogP contribution < -0.4 is 0 Å². The molecule has 0 aromatic carbocycles. The van der Waals surface area contributed by atoms with Crippen LogP contribution in [-0.2, 0) is 4.74 Å². The van der Waals surface area contributed by atoms with Crippen LogP contribution in [0.4, 0.5) is 0 Å². The van der Waals surface area contributed by atoms with Gasteiger partial charge in [0, 0.05) is 6.61 Å². The van der Waals surface area contributed by atoms with Gasteiger partial charge in [0.15, 0.2) is 0 Å². The fourth-order valence-electron chi connectivity index (χ4n) is 1.35. The van der Waals surface area contributed by atoms with Gasteiger partial charge >= 0.3 is 0 Å². The monoisotopic (exact) mass is 212 g/mol. The molecule has 0 aliphatic carbocycles. The highest BCUT2D eigenvalue weighted by atomic mass is 28.3. The fraction of sp³-hybridized carbons (Fsp3) is 0.818. The minimum atomic E-state index is -1.34. The van der Waals surface area contributed by atoms with Crippen molar-refractivity contribution >= 4 is 8.07 Å². The Morgan fingerprint density at radius 1 is 1.29 bits per heavy atom. The third kappa shape index (κ3) is 4.27. The van der Waals surface area contributed by atoms with Gasteiger partial charge in [-0.2, -0.15) is 0 Å². The summed E-state index contributed by atoms with van der Waals surface area (Å²) in [4.78, 5) is 0. The molecule has 1 aliphatic heterocycles. The first-order chi connectivity index (χ1) is 6.49. The highest BCUT2D eigenvalue weighted by molar-refractivity contribution is 6.83. The lowest BCUT2D eigenvalue weighted by Crippen LogP contribution is -2.27. The molecule has 0 bridgehead atoms. The van der Waals surface area contributed by atoms with Crippen molar-refractivity contribution in [3.63, 3.8) is 0 Å². The number of aliphatic hydroxyl groups excluding tert-OH is 1. The zero-order valence-corrected chi connectivity index (χ0v) is 10.3. The second-order valence-corrected chi connectivity index (χ2v) is 9.62. The number of aliphatic hydroxyl groups is 1. The Balaban J connectivity index is 2.59. The molecule has 1 heterocycles. The maximum Gasteiger partial charge on any atom is 0.143 e. The minimum Gasteiger partial charge on any atom is -0.389 e. The fourth-order valence-corrected chi connectivity index (χ4v) is 1.93. The zero-order chi connectivity index (χ0) is 10.6. The average Bonchev–Trinajstić information content (AvgIpc) is 2.25. The summed E-state index contributed by atoms with van der Waals surface area (Å²) in [5, 5.41) is 9.73. The predicted molar refractivity (Wildman–Crippen MR) is 60.7 cm³/mol. The molecule has 3 heteroatoms. The van der Waals surface area contributed by atoms with Crippen LogP contribution in [0.15, 0.2) is 0 Å². The van der Waals surface area contributed by atoms with Gasteiger partial charge in [0.2, 0.25) is 0 Å². The van der Waals surface area contributed by atoms with Crippen molar-refractivity contribution in [2.24, 2.45) is 0 Å². The smallest absolute Gasteiger partial charge is 0.143 e. The molecule has 2 nitrogen and oxygen atoms in total. The summed E-state index contributed by atoms with van der Waals surface area (Å²) in [6.45, 7) is 7.33. The van der Waals surface area contributed by atoms with Crippen molar-refractivity contribution in [2.75, 3.05) is 6.61 Å². The normalized spacial score (nSPS) is 28.9. The lowest BCUT2D eigenvalue weighted by Gasteiger charge is -2.15. The van der Waals surface area contributed by atoms with Crippen molar-refractivity contribution in [3.8, 4) is 11.5 Å². The van der Waals surface area contributed by atoms with Gasteiger partial charge < -0.3 is 9.84 Å². The van der Waals surface area contributed by atoms with E-state index in [0.29, 0.717) is 0 Å². The van der Waals surface area contributed by atoms with Gasteiger partial charge in [-0.1, -0.05) is 25.6 Å². The van der Waals surface area contributed by atoms with Crippen molar-refractivity contribution in [2.45, 2.75) is 51.1 Å². The van der Waals surface area contributed by atoms with E-state index in [0.717, 1.165) is 25.9 Å². The van der Waals surface area contributed by atoms with E-state index in [-0.39, 0.29) is 12.2 Å². The van der Waals surface area contributed by atoms with Crippen LogP contribution in [0.25, 0.3) is 0 Å². The van der Waals surface area contributed by atoms with Gasteiger partial charge in [-0.05, 0) is 19.3 Å². The first kappa shape index (κ1) is 11.8. The quantitative estimate of drug-likeness (QED) is 0.490. The van der Waals surface area contributed by atoms with Crippen molar-refractivity contribution in [3.05, 3.63) is 0 Å². The molecule has 0 radical (unpaired) electrons. The van der Waals surface area contributed by atoms with Gasteiger partial charge in [0.1, 0.15) is 14.2 Å². The van der Waals surface area contributed by atoms with E-state index in [4.69, 9.17) is 4.74 Å². The Morgan fingerprint density at radius 2 is 2.00 bits per heavy atom. The Labute approximate surface area is 87.7 Å². The molecule has 1 aliphatic rings. The SMILES string of the molecule is C[Si](C)(C)C#C[C@H]1OCCCC[C@H]1O. The number of hydrogen-bond donors (Lipinski definition) is 1. The maximum absolute atomic E-state index is 9.73. The molecule has 0 spiro atoms. The zero-order valence-electron chi connectivity index (χ0n) is 9.34. The number of rotatable bonds is 0. The standard InChI is InChI=1S/C11H20O2Si/c1-14(2,3)9-7-11-10(12)6-4-5-8-13-11/h10-12H,4-6,8H2,1-3H3/t10-,11-/m1/s1. The second kappa shape index (κ2) is 4.97. The van der Waals surface area contributed by atoms with E-state index in [9.17, 15) is 5.11 Å². The summed E-state index contributed by atoms with van der Waals surface area (Å²) in [5.41, 5.74) is 3.25. The molecule has 1 rings (SSSR count). The largest absolute Gasteiger partial charge is 0.389 e. The molecule has 1 fully saturated rings. The highest BCUT2D eigenvalue weighted by Crippen LogP contribution is 2.13. The van der Waals surface area contributed by atoms with Crippen LogP contribution >= 0.6 is 0 Å². The molecule has 14 heavy (non-hydrogen) atoms. The Hall–Kier alpha value is -0.303. The van der Waals surface area contributed by atoms with E-state index >= 15 is 0 Å². The maximum atomic E-state index is 9.73. The molecule has 0 unspecified atom stereocenters. The van der Waals surface area contributed by atoms with Gasteiger partial charge in [0.25, 0.3) is 0 Å². The second-order valence-electron chi connectivity index (χ2n) is 4.87. The van der Waals surface area contributed by atoms with Crippen LogP contribution in [0.1, 0.15) is 19.3 Å². The van der Waals surface area contributed by atoms with Crippen LogP contribution in [0.5, 0.6) is 0 Å². The van der Waals surface area contributed by atoms with Gasteiger partial charge in [-0.3, -0.25) is 0 Å². The van der Waals surface area contributed by atoms with Crippen LogP contribution in [0, 0.1) is 11.5 Å². The van der Waals surface area contributed by atoms with Crippen LogP contribution in [0.3, 0.4) is 0 Å². The molecule has 0 aromatic rings. The van der Waals surface area contributed by atoms with E-state index in [1.807, 2.05) is 0 Å². The predicted octanol–water partition coefficient (Wildman–Crippen LogP) is 1.80. The molecule has 1 saturated heterocycles. The summed E-state index contributed by atoms with van der Waals surface area (Å²) in [7, 11) is -1.34. The molecular weight excluding hydrogens is 192 g/mol. The summed E-state index contributed by atoms with van der Waals surface area (Å²) >= 11 is 0. The summed E-state index contributed by atoms with van der Waals surface area (Å²) in [5.74, 6) is 3.09. The molecule has 0 aromatic heterocycles. The average molecular weight is 212 g/mol. The summed E-state index contributed by atoms with van der Waals surface area (Å²) in [6, 6.07) is 0. The highest BCUT2D eigenvalue weighted by Gasteiger charge is 2.20. The van der Waals surface area contributed by atoms with Gasteiger partial charge in [-0.25, -0.2) is 0 Å². The molecule has 2 atom stereocenters. The van der Waals surface area contributed by atoms with E-state index < -0.39 is 8.07 Å². The van der Waals surface area contributed by atoms with Crippen LogP contribution in [-0.4, -0.2) is 32.0 Å². The van der Waals surface area contributed by atoms with Crippen molar-refractivity contribution in [1.82, 2.24) is 0 Å². The Kier molecular flexibility index (Phi) is 4.18. The third-order valence-corrected chi connectivity index (χ3v) is 3.02. The Bertz CT molecular complexity index is 234. The lowest BCUT2D eigenvalue weighted by atomic mass is 10.1. The minimum absolute atomic E-state index is 0.246. The van der Waals surface area contributed by atoms with Crippen LogP contribution in [0.2, 0.25) is 19.6 Å². The van der Waals surface area contributed by atoms with Crippen molar-refractivity contribution < 1.29 is 9.84 Å². The van der Waals surface area contributed by atoms with Crippen molar-refractivity contribution in [1.29, 1.82) is 0 Å². The van der Waals surface area contributed by atoms with Gasteiger partial charge in [0.05, 0.1) is 6.10 Å². The van der Waals surface area contributed by atoms with Gasteiger partial charge in [-0.15, -0.1) is 5.54 Å². The lowest BCUT2D eigenvalue weighted by molar-refractivity contribution is 0.00907. The van der Waals surface area contributed by atoms with E-state index in [1.165, 1.54) is 0 Å². The first-order valence-electron chi connectivity index (χ1n) is 5.31. The molecule has 0 saturated carbocycles. The van der Waals surface area contributed by atoms with E-state index in [1.54, 1.807) is 0 Å². The molecule has 0 amide bonds. The number of hydrogen-bond acceptors (Lipinski definition) is 2.